The highest BCUT2D eigenvalue weighted by molar-refractivity contribution is 14.1. The molecule has 2 amide bonds. The lowest BCUT2D eigenvalue weighted by atomic mass is 10.0. The predicted octanol–water partition coefficient (Wildman–Crippen LogP) is 3.39. The Bertz CT molecular complexity index is 793. The van der Waals surface area contributed by atoms with Crippen molar-refractivity contribution in [2.75, 3.05) is 13.2 Å². The summed E-state index contributed by atoms with van der Waals surface area (Å²) < 4.78 is 11.9. The number of rotatable bonds is 8. The van der Waals surface area contributed by atoms with Crippen LogP contribution in [0.1, 0.15) is 35.4 Å². The normalized spacial score (nSPS) is 12.8. The van der Waals surface area contributed by atoms with Crippen LogP contribution in [0.3, 0.4) is 0 Å². The summed E-state index contributed by atoms with van der Waals surface area (Å²) in [5.74, 6) is -0.679. The van der Waals surface area contributed by atoms with E-state index in [0.717, 1.165) is 3.57 Å². The fourth-order valence-electron chi connectivity index (χ4n) is 2.66. The third kappa shape index (κ3) is 6.18. The molecule has 7 nitrogen and oxygen atoms in total. The number of halogens is 1. The number of aliphatic hydroxyl groups is 1. The number of aromatic hydroxyl groups is 1. The van der Waals surface area contributed by atoms with Gasteiger partial charge in [0.05, 0.1) is 0 Å². The third-order valence-corrected chi connectivity index (χ3v) is 4.58. The van der Waals surface area contributed by atoms with Crippen LogP contribution in [0.4, 0.5) is 4.79 Å². The lowest BCUT2D eigenvalue weighted by molar-refractivity contribution is -0.0516. The summed E-state index contributed by atoms with van der Waals surface area (Å²) in [5, 5.41) is 21.8. The molecule has 0 aliphatic heterocycles. The van der Waals surface area contributed by atoms with E-state index in [-0.39, 0.29) is 18.8 Å². The quantitative estimate of drug-likeness (QED) is 0.481. The van der Waals surface area contributed by atoms with Crippen LogP contribution in [-0.2, 0) is 9.47 Å². The van der Waals surface area contributed by atoms with Crippen molar-refractivity contribution in [2.24, 2.45) is 0 Å². The molecule has 0 unspecified atom stereocenters. The molecule has 2 aromatic carbocycles. The largest absolute Gasteiger partial charge is 0.508 e. The van der Waals surface area contributed by atoms with Crippen molar-refractivity contribution in [3.05, 3.63) is 63.2 Å². The minimum Gasteiger partial charge on any atom is -0.508 e. The Labute approximate surface area is 176 Å². The molecule has 0 aliphatic carbocycles. The van der Waals surface area contributed by atoms with E-state index in [1.165, 1.54) is 6.07 Å². The van der Waals surface area contributed by atoms with E-state index in [1.807, 2.05) is 0 Å². The van der Waals surface area contributed by atoms with Crippen molar-refractivity contribution in [1.82, 2.24) is 5.32 Å². The molecule has 0 spiro atoms. The minimum absolute atomic E-state index is 0.0738. The Hall–Kier alpha value is -2.17. The SMILES string of the molecule is CCO[C@H](CCO)[C@H](OC(=O)NC(=O)c1ccccc1)c1cc(I)ccc1O. The molecule has 0 fully saturated rings. The Morgan fingerprint density at radius 3 is 2.54 bits per heavy atom. The smallest absolute Gasteiger partial charge is 0.414 e. The van der Waals surface area contributed by atoms with Crippen LogP contribution in [0, 0.1) is 3.57 Å². The molecule has 0 bridgehead atoms. The van der Waals surface area contributed by atoms with Crippen LogP contribution in [0.15, 0.2) is 48.5 Å². The lowest BCUT2D eigenvalue weighted by Gasteiger charge is -2.27. The summed E-state index contributed by atoms with van der Waals surface area (Å²) in [7, 11) is 0. The number of carbonyl (C=O) groups excluding carboxylic acids is 2. The number of alkyl carbamates (subject to hydrolysis) is 1. The zero-order valence-corrected chi connectivity index (χ0v) is 17.5. The number of hydrogen-bond donors (Lipinski definition) is 3. The van der Waals surface area contributed by atoms with Gasteiger partial charge in [0.1, 0.15) is 11.9 Å². The van der Waals surface area contributed by atoms with E-state index in [1.54, 1.807) is 49.4 Å². The number of phenolic OH excluding ortho intramolecular Hbond substituents is 1. The molecule has 3 N–H and O–H groups in total. The number of aliphatic hydroxyl groups excluding tert-OH is 1. The third-order valence-electron chi connectivity index (χ3n) is 3.91. The molecule has 150 valence electrons. The summed E-state index contributed by atoms with van der Waals surface area (Å²) in [6.45, 7) is 1.90. The zero-order chi connectivity index (χ0) is 20.5. The Balaban J connectivity index is 2.24. The van der Waals surface area contributed by atoms with Crippen molar-refractivity contribution in [3.8, 4) is 5.75 Å². The zero-order valence-electron chi connectivity index (χ0n) is 15.3. The van der Waals surface area contributed by atoms with Crippen LogP contribution < -0.4 is 5.32 Å². The predicted molar refractivity (Wildman–Crippen MR) is 111 cm³/mol. The molecule has 2 atom stereocenters. The van der Waals surface area contributed by atoms with Gasteiger partial charge in [-0.1, -0.05) is 18.2 Å². The Morgan fingerprint density at radius 2 is 1.89 bits per heavy atom. The van der Waals surface area contributed by atoms with Gasteiger partial charge in [0.25, 0.3) is 5.91 Å². The lowest BCUT2D eigenvalue weighted by Crippen LogP contribution is -2.35. The summed E-state index contributed by atoms with van der Waals surface area (Å²) in [4.78, 5) is 24.5. The van der Waals surface area contributed by atoms with Crippen LogP contribution >= 0.6 is 22.6 Å². The van der Waals surface area contributed by atoms with Crippen molar-refractivity contribution in [3.63, 3.8) is 0 Å². The van der Waals surface area contributed by atoms with Crippen molar-refractivity contribution in [2.45, 2.75) is 25.6 Å². The summed E-state index contributed by atoms with van der Waals surface area (Å²) >= 11 is 2.07. The number of ether oxygens (including phenoxy) is 2. The maximum Gasteiger partial charge on any atom is 0.414 e. The van der Waals surface area contributed by atoms with Gasteiger partial charge in [0, 0.05) is 34.3 Å². The van der Waals surface area contributed by atoms with Gasteiger partial charge in [-0.3, -0.25) is 10.1 Å². The van der Waals surface area contributed by atoms with Crippen LogP contribution in [0.2, 0.25) is 0 Å². The van der Waals surface area contributed by atoms with E-state index in [9.17, 15) is 19.8 Å². The van der Waals surface area contributed by atoms with Crippen LogP contribution in [-0.4, -0.2) is 41.5 Å². The van der Waals surface area contributed by atoms with Gasteiger partial charge in [0.2, 0.25) is 0 Å². The van der Waals surface area contributed by atoms with E-state index in [2.05, 4.69) is 27.9 Å². The van der Waals surface area contributed by atoms with E-state index in [4.69, 9.17) is 9.47 Å². The molecule has 8 heteroatoms. The minimum atomic E-state index is -1.01. The molecule has 0 heterocycles. The average Bonchev–Trinajstić information content (AvgIpc) is 2.68. The van der Waals surface area contributed by atoms with Gasteiger partial charge < -0.3 is 19.7 Å². The van der Waals surface area contributed by atoms with E-state index >= 15 is 0 Å². The number of nitrogens with one attached hydrogen (secondary N) is 1. The summed E-state index contributed by atoms with van der Waals surface area (Å²) in [6.07, 6.45) is -2.50. The van der Waals surface area contributed by atoms with Crippen LogP contribution in [0.25, 0.3) is 0 Å². The van der Waals surface area contributed by atoms with Crippen LogP contribution in [0.5, 0.6) is 5.75 Å². The first-order chi connectivity index (χ1) is 13.5. The van der Waals surface area contributed by atoms with Gasteiger partial charge >= 0.3 is 6.09 Å². The Kier molecular flexibility index (Phi) is 8.68. The molecule has 28 heavy (non-hydrogen) atoms. The molecule has 0 radical (unpaired) electrons. The molecule has 0 aliphatic rings. The number of hydrogen-bond acceptors (Lipinski definition) is 6. The first kappa shape index (κ1) is 22.1. The molecule has 0 aromatic heterocycles. The first-order valence-electron chi connectivity index (χ1n) is 8.74. The van der Waals surface area contributed by atoms with Gasteiger partial charge in [-0.25, -0.2) is 4.79 Å². The average molecular weight is 499 g/mol. The standard InChI is InChI=1S/C20H22INO6/c1-2-27-17(10-11-23)18(15-12-14(21)8-9-16(15)24)28-20(26)22-19(25)13-6-4-3-5-7-13/h3-9,12,17-18,23-24H,2,10-11H2,1H3,(H,22,25,26)/t17-,18-/m1/s1. The topological polar surface area (TPSA) is 105 Å². The second-order valence-electron chi connectivity index (χ2n) is 5.86. The fraction of sp³-hybridized carbons (Fsp3) is 0.300. The number of phenols is 1. The highest BCUT2D eigenvalue weighted by Crippen LogP contribution is 2.33. The summed E-state index contributed by atoms with van der Waals surface area (Å²) in [6, 6.07) is 13.1. The van der Waals surface area contributed by atoms with Gasteiger partial charge in [0.15, 0.2) is 6.10 Å². The maximum absolute atomic E-state index is 12.4. The molecule has 2 rings (SSSR count). The number of amides is 2. The van der Waals surface area contributed by atoms with Crippen molar-refractivity contribution < 1.29 is 29.3 Å². The van der Waals surface area contributed by atoms with Gasteiger partial charge in [-0.05, 0) is 59.8 Å². The first-order valence-corrected chi connectivity index (χ1v) is 9.82. The van der Waals surface area contributed by atoms with Gasteiger partial charge in [-0.2, -0.15) is 0 Å². The monoisotopic (exact) mass is 499 g/mol. The number of imide groups is 1. The number of carbonyl (C=O) groups is 2. The second-order valence-corrected chi connectivity index (χ2v) is 7.10. The Morgan fingerprint density at radius 1 is 1.18 bits per heavy atom. The number of benzene rings is 2. The molecule has 0 saturated carbocycles. The highest BCUT2D eigenvalue weighted by Gasteiger charge is 2.30. The van der Waals surface area contributed by atoms with E-state index in [0.29, 0.717) is 17.7 Å². The molecular weight excluding hydrogens is 477 g/mol. The summed E-state index contributed by atoms with van der Waals surface area (Å²) in [5.41, 5.74) is 0.644. The maximum atomic E-state index is 12.4. The highest BCUT2D eigenvalue weighted by atomic mass is 127. The molecule has 2 aromatic rings. The second kappa shape index (κ2) is 11.0. The van der Waals surface area contributed by atoms with Crippen molar-refractivity contribution >= 4 is 34.6 Å². The van der Waals surface area contributed by atoms with E-state index < -0.39 is 24.2 Å². The fourth-order valence-corrected chi connectivity index (χ4v) is 3.17. The molecule has 0 saturated heterocycles. The van der Waals surface area contributed by atoms with Crippen molar-refractivity contribution in [1.29, 1.82) is 0 Å². The van der Waals surface area contributed by atoms with Gasteiger partial charge in [-0.15, -0.1) is 0 Å². The molecular formula is C20H22INO6.